The van der Waals surface area contributed by atoms with Crippen molar-refractivity contribution < 1.29 is 53.1 Å². The Morgan fingerprint density at radius 3 is 2.20 bits per heavy atom. The fourth-order valence-corrected chi connectivity index (χ4v) is 9.20. The minimum absolute atomic E-state index is 0.138. The number of hydrogen-bond donors (Lipinski definition) is 1. The van der Waals surface area contributed by atoms with Gasteiger partial charge in [-0.05, 0) is 78.4 Å². The van der Waals surface area contributed by atoms with E-state index in [1.807, 2.05) is 0 Å². The average Bonchev–Trinajstić information content (AvgIpc) is 3.56. The molecule has 45 heavy (non-hydrogen) atoms. The first-order valence-electron chi connectivity index (χ1n) is 13.6. The molecule has 0 spiro atoms. The van der Waals surface area contributed by atoms with Crippen LogP contribution in [0.1, 0.15) is 55.8 Å². The van der Waals surface area contributed by atoms with Gasteiger partial charge in [0, 0.05) is 29.8 Å². The second kappa shape index (κ2) is 9.99. The number of amides is 2. The van der Waals surface area contributed by atoms with Crippen molar-refractivity contribution in [2.75, 3.05) is 6.54 Å². The molecule has 2 heterocycles. The van der Waals surface area contributed by atoms with E-state index in [2.05, 4.69) is 5.32 Å². The molecule has 0 radical (unpaired) electrons. The van der Waals surface area contributed by atoms with Crippen molar-refractivity contribution in [1.82, 2.24) is 10.2 Å². The predicted octanol–water partition coefficient (Wildman–Crippen LogP) is 5.89. The molecule has 0 saturated carbocycles. The van der Waals surface area contributed by atoms with Crippen LogP contribution in [0.4, 0.5) is 35.1 Å². The van der Waals surface area contributed by atoms with Gasteiger partial charge in [0.2, 0.25) is 0 Å². The lowest BCUT2D eigenvalue weighted by Crippen LogP contribution is -2.53. The first-order valence-corrected chi connectivity index (χ1v) is 15.1. The number of carbonyl (C=O) groups excluding carboxylic acids is 2. The SMILES string of the molecule is O=C1NCc2cc(C(=O)N3CC[C@@]4(S(=O)(=O)c5ccc(F)cc5)c5ccc(C(F)(C(F)(F)F)C(F)(F)F)cc5CC[C@@H]34)ccc21. The summed E-state index contributed by atoms with van der Waals surface area (Å²) in [5, 5.41) is 2.62. The van der Waals surface area contributed by atoms with Gasteiger partial charge in [-0.15, -0.1) is 0 Å². The maximum Gasteiger partial charge on any atom is 0.435 e. The molecule has 3 aliphatic rings. The molecule has 15 heteroatoms. The van der Waals surface area contributed by atoms with Crippen LogP contribution in [0.2, 0.25) is 0 Å². The van der Waals surface area contributed by atoms with Gasteiger partial charge < -0.3 is 10.2 Å². The molecular weight excluding hydrogens is 636 g/mol. The molecule has 2 atom stereocenters. The van der Waals surface area contributed by atoms with Crippen LogP contribution in [-0.2, 0) is 33.2 Å². The molecule has 0 aromatic heterocycles. The Hall–Kier alpha value is -4.01. The molecule has 6 rings (SSSR count). The molecule has 0 unspecified atom stereocenters. The number of aryl methyl sites for hydroxylation is 1. The highest BCUT2D eigenvalue weighted by Gasteiger charge is 2.74. The van der Waals surface area contributed by atoms with E-state index in [1.165, 1.54) is 23.1 Å². The Balaban J connectivity index is 1.50. The van der Waals surface area contributed by atoms with Gasteiger partial charge in [0.25, 0.3) is 11.8 Å². The highest BCUT2D eigenvalue weighted by Crippen LogP contribution is 2.56. The Kier molecular flexibility index (Phi) is 6.88. The number of sulfone groups is 1. The number of likely N-dealkylation sites (tertiary alicyclic amines) is 1. The molecule has 1 saturated heterocycles. The number of hydrogen-bond acceptors (Lipinski definition) is 4. The zero-order chi connectivity index (χ0) is 32.7. The van der Waals surface area contributed by atoms with Gasteiger partial charge in [-0.1, -0.05) is 18.2 Å². The molecule has 0 bridgehead atoms. The van der Waals surface area contributed by atoms with Gasteiger partial charge in [0.1, 0.15) is 10.6 Å². The summed E-state index contributed by atoms with van der Waals surface area (Å²) in [6.07, 6.45) is -13.5. The summed E-state index contributed by atoms with van der Waals surface area (Å²) in [6, 6.07) is 8.34. The van der Waals surface area contributed by atoms with Gasteiger partial charge in [-0.25, -0.2) is 17.2 Å². The number of nitrogens with zero attached hydrogens (tertiary/aromatic N) is 1. The van der Waals surface area contributed by atoms with E-state index >= 15 is 4.39 Å². The van der Waals surface area contributed by atoms with Gasteiger partial charge in [0.15, 0.2) is 9.84 Å². The third kappa shape index (κ3) is 4.36. The number of nitrogens with one attached hydrogen (secondary N) is 1. The van der Waals surface area contributed by atoms with Crippen molar-refractivity contribution in [3.05, 3.63) is 99.9 Å². The summed E-state index contributed by atoms with van der Waals surface area (Å²) >= 11 is 0. The van der Waals surface area contributed by atoms with Crippen molar-refractivity contribution >= 4 is 21.7 Å². The fourth-order valence-electron chi connectivity index (χ4n) is 6.83. The Morgan fingerprint density at radius 1 is 0.889 bits per heavy atom. The molecular formula is C30H22F8N2O4S. The molecule has 1 N–H and O–H groups in total. The fraction of sp³-hybridized carbons (Fsp3) is 0.333. The number of halogens is 8. The summed E-state index contributed by atoms with van der Waals surface area (Å²) < 4.78 is 137. The van der Waals surface area contributed by atoms with Crippen LogP contribution in [-0.4, -0.2) is 50.1 Å². The number of carbonyl (C=O) groups is 2. The highest BCUT2D eigenvalue weighted by atomic mass is 32.2. The lowest BCUT2D eigenvalue weighted by atomic mass is 9.76. The van der Waals surface area contributed by atoms with Crippen LogP contribution in [0.5, 0.6) is 0 Å². The topological polar surface area (TPSA) is 83.6 Å². The van der Waals surface area contributed by atoms with E-state index in [0.29, 0.717) is 17.2 Å². The van der Waals surface area contributed by atoms with Crippen LogP contribution in [0.15, 0.2) is 65.6 Å². The van der Waals surface area contributed by atoms with Gasteiger partial charge in [-0.2, -0.15) is 26.3 Å². The van der Waals surface area contributed by atoms with Crippen LogP contribution < -0.4 is 5.32 Å². The third-order valence-corrected chi connectivity index (χ3v) is 11.5. The molecule has 238 valence electrons. The quantitative estimate of drug-likeness (QED) is 0.280. The number of fused-ring (bicyclic) bond motifs is 4. The van der Waals surface area contributed by atoms with Crippen molar-refractivity contribution in [3.8, 4) is 0 Å². The normalized spacial score (nSPS) is 21.6. The summed E-state index contributed by atoms with van der Waals surface area (Å²) in [5.41, 5.74) is -6.85. The average molecular weight is 659 g/mol. The number of benzene rings is 3. The molecule has 6 nitrogen and oxygen atoms in total. The molecule has 3 aromatic rings. The maximum atomic E-state index is 15.0. The molecule has 1 fully saturated rings. The first kappa shape index (κ1) is 31.0. The van der Waals surface area contributed by atoms with Gasteiger partial charge >= 0.3 is 18.0 Å². The second-order valence-corrected chi connectivity index (χ2v) is 13.4. The summed E-state index contributed by atoms with van der Waals surface area (Å²) in [4.78, 5) is 26.7. The third-order valence-electron chi connectivity index (χ3n) is 8.97. The van der Waals surface area contributed by atoms with Crippen LogP contribution in [0, 0.1) is 5.82 Å². The van der Waals surface area contributed by atoms with Crippen LogP contribution in [0.3, 0.4) is 0 Å². The predicted molar refractivity (Wildman–Crippen MR) is 142 cm³/mol. The van der Waals surface area contributed by atoms with E-state index in [1.54, 1.807) is 0 Å². The van der Waals surface area contributed by atoms with Gasteiger partial charge in [0.05, 0.1) is 10.9 Å². The molecule has 1 aliphatic carbocycles. The van der Waals surface area contributed by atoms with E-state index in [-0.39, 0.29) is 65.9 Å². The number of alkyl halides is 7. The van der Waals surface area contributed by atoms with Crippen molar-refractivity contribution in [2.24, 2.45) is 0 Å². The Bertz CT molecular complexity index is 1830. The van der Waals surface area contributed by atoms with Crippen LogP contribution in [0.25, 0.3) is 0 Å². The van der Waals surface area contributed by atoms with E-state index in [9.17, 15) is 48.7 Å². The summed E-state index contributed by atoms with van der Waals surface area (Å²) in [7, 11) is -4.61. The van der Waals surface area contributed by atoms with Crippen LogP contribution >= 0.6 is 0 Å². The van der Waals surface area contributed by atoms with E-state index < -0.39 is 55.9 Å². The molecule has 2 amide bonds. The lowest BCUT2D eigenvalue weighted by Gasteiger charge is -2.43. The van der Waals surface area contributed by atoms with E-state index in [0.717, 1.165) is 30.3 Å². The Morgan fingerprint density at radius 2 is 1.56 bits per heavy atom. The molecule has 3 aromatic carbocycles. The summed E-state index contributed by atoms with van der Waals surface area (Å²) in [6.45, 7) is 0.000748. The first-order chi connectivity index (χ1) is 20.9. The minimum Gasteiger partial charge on any atom is -0.348 e. The van der Waals surface area contributed by atoms with E-state index in [4.69, 9.17) is 0 Å². The zero-order valence-electron chi connectivity index (χ0n) is 22.9. The Labute approximate surface area is 250 Å². The molecule has 2 aliphatic heterocycles. The van der Waals surface area contributed by atoms with Crippen molar-refractivity contribution in [1.29, 1.82) is 0 Å². The maximum absolute atomic E-state index is 15.0. The van der Waals surface area contributed by atoms with Gasteiger partial charge in [-0.3, -0.25) is 9.59 Å². The van der Waals surface area contributed by atoms with Crippen molar-refractivity contribution in [3.63, 3.8) is 0 Å². The number of rotatable bonds is 4. The largest absolute Gasteiger partial charge is 0.435 e. The highest BCUT2D eigenvalue weighted by molar-refractivity contribution is 7.92. The lowest BCUT2D eigenvalue weighted by molar-refractivity contribution is -0.348. The smallest absolute Gasteiger partial charge is 0.348 e. The minimum atomic E-state index is -6.37. The second-order valence-electron chi connectivity index (χ2n) is 11.2. The van der Waals surface area contributed by atoms with Crippen molar-refractivity contribution in [2.45, 2.75) is 59.5 Å². The zero-order valence-corrected chi connectivity index (χ0v) is 23.7. The summed E-state index contributed by atoms with van der Waals surface area (Å²) in [5.74, 6) is -1.69. The standard InChI is InChI=1S/C30H22F8N2O4S/c31-20-4-6-21(7-5-20)45(43,44)27-11-12-40(26(42)17-1-8-22-18(13-17)15-39-25(22)41)24(27)10-2-16-14-19(3-9-23(16)27)28(32,29(33,34)35)30(36,37)38/h1,3-9,13-14,24H,2,10-12,15H2,(H,39,41)/t24-,27-/m1/s1. The monoisotopic (exact) mass is 658 g/mol.